The maximum Gasteiger partial charge on any atom is 0.314 e. The largest absolute Gasteiger partial charge is 0.348 e. The first-order valence-corrected chi connectivity index (χ1v) is 7.77. The van der Waals surface area contributed by atoms with Crippen LogP contribution in [-0.4, -0.2) is 43.1 Å². The van der Waals surface area contributed by atoms with E-state index in [-0.39, 0.29) is 11.9 Å². The zero-order chi connectivity index (χ0) is 15.8. The lowest BCUT2D eigenvalue weighted by atomic mass is 10.0. The molecule has 6 heteroatoms. The minimum atomic E-state index is -0.503. The second-order valence-corrected chi connectivity index (χ2v) is 5.85. The van der Waals surface area contributed by atoms with Gasteiger partial charge in [-0.1, -0.05) is 13.0 Å². The van der Waals surface area contributed by atoms with Gasteiger partial charge in [0.15, 0.2) is 5.79 Å². The second-order valence-electron chi connectivity index (χ2n) is 5.85. The minimum Gasteiger partial charge on any atom is -0.348 e. The molecular formula is C16H25N3O3. The molecule has 2 heterocycles. The molecule has 1 aliphatic heterocycles. The van der Waals surface area contributed by atoms with Crippen molar-refractivity contribution in [2.45, 2.75) is 32.5 Å². The fourth-order valence-corrected chi connectivity index (χ4v) is 2.56. The van der Waals surface area contributed by atoms with E-state index in [0.29, 0.717) is 26.3 Å². The number of rotatable bonds is 7. The van der Waals surface area contributed by atoms with E-state index in [4.69, 9.17) is 9.47 Å². The van der Waals surface area contributed by atoms with Crippen molar-refractivity contribution >= 4 is 6.03 Å². The SMILES string of the molecule is C[C@H](CNC(=O)NCCc1ccccn1)CC1(C)OCCO1. The van der Waals surface area contributed by atoms with Gasteiger partial charge in [0.05, 0.1) is 13.2 Å². The van der Waals surface area contributed by atoms with Gasteiger partial charge in [-0.15, -0.1) is 0 Å². The number of hydrogen-bond acceptors (Lipinski definition) is 4. The fraction of sp³-hybridized carbons (Fsp3) is 0.625. The highest BCUT2D eigenvalue weighted by Gasteiger charge is 2.32. The van der Waals surface area contributed by atoms with E-state index in [1.165, 1.54) is 0 Å². The molecule has 22 heavy (non-hydrogen) atoms. The normalized spacial score (nSPS) is 17.9. The van der Waals surface area contributed by atoms with E-state index in [0.717, 1.165) is 18.5 Å². The molecule has 1 aromatic rings. The van der Waals surface area contributed by atoms with E-state index in [9.17, 15) is 4.79 Å². The average molecular weight is 307 g/mol. The van der Waals surface area contributed by atoms with Crippen LogP contribution in [0.2, 0.25) is 0 Å². The lowest BCUT2D eigenvalue weighted by Gasteiger charge is -2.26. The van der Waals surface area contributed by atoms with Crippen molar-refractivity contribution in [1.82, 2.24) is 15.6 Å². The van der Waals surface area contributed by atoms with E-state index in [2.05, 4.69) is 22.5 Å². The first-order chi connectivity index (χ1) is 10.6. The van der Waals surface area contributed by atoms with Crippen LogP contribution < -0.4 is 10.6 Å². The highest BCUT2D eigenvalue weighted by Crippen LogP contribution is 2.26. The van der Waals surface area contributed by atoms with Crippen LogP contribution in [0, 0.1) is 5.92 Å². The van der Waals surface area contributed by atoms with Gasteiger partial charge in [0.2, 0.25) is 0 Å². The molecular weight excluding hydrogens is 282 g/mol. The number of urea groups is 1. The van der Waals surface area contributed by atoms with Gasteiger partial charge in [-0.25, -0.2) is 4.79 Å². The van der Waals surface area contributed by atoms with Gasteiger partial charge in [-0.05, 0) is 25.0 Å². The van der Waals surface area contributed by atoms with Crippen LogP contribution in [0.5, 0.6) is 0 Å². The maximum atomic E-state index is 11.7. The van der Waals surface area contributed by atoms with Crippen molar-refractivity contribution in [3.63, 3.8) is 0 Å². The Morgan fingerprint density at radius 2 is 2.14 bits per heavy atom. The highest BCUT2D eigenvalue weighted by molar-refractivity contribution is 5.73. The number of carbonyl (C=O) groups excluding carboxylic acids is 1. The summed E-state index contributed by atoms with van der Waals surface area (Å²) in [4.78, 5) is 16.0. The van der Waals surface area contributed by atoms with Gasteiger partial charge in [0.1, 0.15) is 0 Å². The molecule has 1 saturated heterocycles. The molecule has 2 amide bonds. The van der Waals surface area contributed by atoms with Crippen molar-refractivity contribution in [1.29, 1.82) is 0 Å². The highest BCUT2D eigenvalue weighted by atomic mass is 16.7. The third-order valence-electron chi connectivity index (χ3n) is 3.62. The molecule has 1 aromatic heterocycles. The molecule has 0 aromatic carbocycles. The summed E-state index contributed by atoms with van der Waals surface area (Å²) in [6.45, 7) is 6.47. The number of amides is 2. The molecule has 1 aliphatic rings. The van der Waals surface area contributed by atoms with Gasteiger partial charge in [-0.2, -0.15) is 0 Å². The van der Waals surface area contributed by atoms with Gasteiger partial charge in [0.25, 0.3) is 0 Å². The Labute approximate surface area is 131 Å². The summed E-state index contributed by atoms with van der Waals surface area (Å²) in [6, 6.07) is 5.62. The number of aromatic nitrogens is 1. The van der Waals surface area contributed by atoms with Crippen molar-refractivity contribution < 1.29 is 14.3 Å². The number of hydrogen-bond donors (Lipinski definition) is 2. The molecule has 0 saturated carbocycles. The summed E-state index contributed by atoms with van der Waals surface area (Å²) < 4.78 is 11.1. The van der Waals surface area contributed by atoms with Gasteiger partial charge in [0, 0.05) is 37.8 Å². The number of nitrogens with one attached hydrogen (secondary N) is 2. The van der Waals surface area contributed by atoms with Crippen LogP contribution in [0.15, 0.2) is 24.4 Å². The molecule has 2 rings (SSSR count). The Morgan fingerprint density at radius 3 is 2.82 bits per heavy atom. The Morgan fingerprint density at radius 1 is 1.36 bits per heavy atom. The van der Waals surface area contributed by atoms with E-state index in [1.807, 2.05) is 25.1 Å². The predicted molar refractivity (Wildman–Crippen MR) is 83.4 cm³/mol. The molecule has 0 radical (unpaired) electrons. The van der Waals surface area contributed by atoms with Crippen molar-refractivity contribution in [3.8, 4) is 0 Å². The number of carbonyl (C=O) groups is 1. The topological polar surface area (TPSA) is 72.5 Å². The molecule has 1 atom stereocenters. The molecule has 122 valence electrons. The van der Waals surface area contributed by atoms with Crippen LogP contribution >= 0.6 is 0 Å². The van der Waals surface area contributed by atoms with Crippen molar-refractivity contribution in [3.05, 3.63) is 30.1 Å². The minimum absolute atomic E-state index is 0.152. The van der Waals surface area contributed by atoms with Crippen LogP contribution in [-0.2, 0) is 15.9 Å². The Balaban J connectivity index is 1.59. The van der Waals surface area contributed by atoms with E-state index < -0.39 is 5.79 Å². The molecule has 2 N–H and O–H groups in total. The fourth-order valence-electron chi connectivity index (χ4n) is 2.56. The monoisotopic (exact) mass is 307 g/mol. The van der Waals surface area contributed by atoms with Crippen LogP contribution in [0.1, 0.15) is 26.0 Å². The van der Waals surface area contributed by atoms with Crippen LogP contribution in [0.25, 0.3) is 0 Å². The Hall–Kier alpha value is -1.66. The van der Waals surface area contributed by atoms with E-state index in [1.54, 1.807) is 6.20 Å². The summed E-state index contributed by atoms with van der Waals surface area (Å²) in [5, 5.41) is 5.72. The summed E-state index contributed by atoms with van der Waals surface area (Å²) >= 11 is 0. The molecule has 0 bridgehead atoms. The molecule has 0 unspecified atom stereocenters. The van der Waals surface area contributed by atoms with Gasteiger partial charge < -0.3 is 20.1 Å². The third kappa shape index (κ3) is 5.61. The van der Waals surface area contributed by atoms with Crippen LogP contribution in [0.3, 0.4) is 0 Å². The maximum absolute atomic E-state index is 11.7. The molecule has 6 nitrogen and oxygen atoms in total. The standard InChI is InChI=1S/C16H25N3O3/c1-13(11-16(2)21-9-10-22-16)12-19-15(20)18-8-6-14-5-3-4-7-17-14/h3-5,7,13H,6,8-12H2,1-2H3,(H2,18,19,20)/t13-/m0/s1. The Bertz CT molecular complexity index is 461. The zero-order valence-corrected chi connectivity index (χ0v) is 13.3. The van der Waals surface area contributed by atoms with Crippen molar-refractivity contribution in [2.75, 3.05) is 26.3 Å². The quantitative estimate of drug-likeness (QED) is 0.804. The van der Waals surface area contributed by atoms with Crippen LogP contribution in [0.4, 0.5) is 4.79 Å². The summed E-state index contributed by atoms with van der Waals surface area (Å²) in [6.07, 6.45) is 3.25. The average Bonchev–Trinajstić information content (AvgIpc) is 2.92. The molecule has 0 aliphatic carbocycles. The number of ether oxygens (including phenoxy) is 2. The molecule has 1 fully saturated rings. The summed E-state index contributed by atoms with van der Waals surface area (Å²) in [7, 11) is 0. The smallest absolute Gasteiger partial charge is 0.314 e. The second kappa shape index (κ2) is 8.10. The summed E-state index contributed by atoms with van der Waals surface area (Å²) in [5.41, 5.74) is 0.972. The van der Waals surface area contributed by atoms with Gasteiger partial charge in [-0.3, -0.25) is 4.98 Å². The van der Waals surface area contributed by atoms with Crippen molar-refractivity contribution in [2.24, 2.45) is 5.92 Å². The Kier molecular flexibility index (Phi) is 6.15. The zero-order valence-electron chi connectivity index (χ0n) is 13.3. The van der Waals surface area contributed by atoms with Gasteiger partial charge >= 0.3 is 6.03 Å². The number of pyridine rings is 1. The lowest BCUT2D eigenvalue weighted by Crippen LogP contribution is -2.40. The molecule has 0 spiro atoms. The number of nitrogens with zero attached hydrogens (tertiary/aromatic N) is 1. The summed E-state index contributed by atoms with van der Waals surface area (Å²) in [5.74, 6) is -0.221. The lowest BCUT2D eigenvalue weighted by molar-refractivity contribution is -0.153. The first-order valence-electron chi connectivity index (χ1n) is 7.77. The first kappa shape index (κ1) is 16.7. The predicted octanol–water partition coefficient (Wildman–Crippen LogP) is 1.71. The third-order valence-corrected chi connectivity index (χ3v) is 3.62. The van der Waals surface area contributed by atoms with E-state index >= 15 is 0 Å².